The van der Waals surface area contributed by atoms with Gasteiger partial charge < -0.3 is 4.74 Å². The van der Waals surface area contributed by atoms with E-state index in [4.69, 9.17) is 4.74 Å². The van der Waals surface area contributed by atoms with Crippen molar-refractivity contribution in [3.63, 3.8) is 0 Å². The van der Waals surface area contributed by atoms with Crippen molar-refractivity contribution in [3.8, 4) is 0 Å². The maximum Gasteiger partial charge on any atom is 0.334 e. The van der Waals surface area contributed by atoms with E-state index in [-0.39, 0.29) is 0 Å². The van der Waals surface area contributed by atoms with E-state index in [9.17, 15) is 0 Å². The Balaban J connectivity index is 2.72. The summed E-state index contributed by atoms with van der Waals surface area (Å²) < 4.78 is 8.83. The van der Waals surface area contributed by atoms with E-state index in [1.165, 1.54) is 0 Å². The lowest BCUT2D eigenvalue weighted by molar-refractivity contribution is 0.318. The van der Waals surface area contributed by atoms with Crippen molar-refractivity contribution >= 4 is 11.9 Å². The number of hydrogen-bond acceptors (Lipinski definition) is 1. The molecule has 0 bridgehead atoms. The summed E-state index contributed by atoms with van der Waals surface area (Å²) in [6, 6.07) is 0. The van der Waals surface area contributed by atoms with E-state index in [0.29, 0.717) is 0 Å². The number of methoxy groups -OCH3 is 1. The largest absolute Gasteiger partial charge is 0.490 e. The highest BCUT2D eigenvalue weighted by Gasteiger charge is 2.09. The van der Waals surface area contributed by atoms with Gasteiger partial charge in [-0.1, -0.05) is 4.67 Å². The summed E-state index contributed by atoms with van der Waals surface area (Å²) in [4.78, 5) is 0. The molecule has 1 aliphatic rings. The molecule has 1 aliphatic heterocycles. The fourth-order valence-corrected chi connectivity index (χ4v) is 0.557. The predicted octanol–water partition coefficient (Wildman–Crippen LogP) is 0.129. The van der Waals surface area contributed by atoms with Gasteiger partial charge in [-0.05, 0) is 0 Å². The van der Waals surface area contributed by atoms with E-state index >= 15 is 0 Å². The van der Waals surface area contributed by atoms with Crippen molar-refractivity contribution in [1.82, 2.24) is 4.67 Å². The fraction of sp³-hybridized carbons (Fsp3) is 0.333. The van der Waals surface area contributed by atoms with Crippen molar-refractivity contribution < 1.29 is 4.74 Å². The molecule has 1 heterocycles. The van der Waals surface area contributed by atoms with Crippen LogP contribution < -0.4 is 4.67 Å². The van der Waals surface area contributed by atoms with Crippen LogP contribution in [0, 0.1) is 0 Å². The molecule has 0 spiro atoms. The lowest BCUT2D eigenvalue weighted by Gasteiger charge is -1.84. The first kappa shape index (κ1) is 5.13. The first-order valence-electron chi connectivity index (χ1n) is 2.46. The molecule has 0 saturated heterocycles. The second kappa shape index (κ2) is 1.85. The summed E-state index contributed by atoms with van der Waals surface area (Å²) in [5, 5.41) is 0. The molecule has 0 atom stereocenters. The molecule has 0 fully saturated rings. The molecule has 0 aliphatic carbocycles. The van der Waals surface area contributed by atoms with Gasteiger partial charge in [-0.3, -0.25) is 0 Å². The Morgan fingerprint density at radius 3 is 2.62 bits per heavy atom. The van der Waals surface area contributed by atoms with Gasteiger partial charge in [0.2, 0.25) is 5.76 Å². The van der Waals surface area contributed by atoms with Gasteiger partial charge in [0.1, 0.15) is 0 Å². The zero-order valence-corrected chi connectivity index (χ0v) is 5.01. The normalized spacial score (nSPS) is 15.8. The molecular formula is C6H8NO+. The summed E-state index contributed by atoms with van der Waals surface area (Å²) in [7, 11) is 1.64. The highest BCUT2D eigenvalue weighted by Crippen LogP contribution is 1.92. The highest BCUT2D eigenvalue weighted by atomic mass is 16.5. The number of hydrogen-bond donors (Lipinski definition) is 0. The third kappa shape index (κ3) is 0.796. The lowest BCUT2D eigenvalue weighted by atomic mass is 10.4. The second-order valence-electron chi connectivity index (χ2n) is 1.65. The van der Waals surface area contributed by atoms with Crippen LogP contribution in [0.15, 0.2) is 11.8 Å². The van der Waals surface area contributed by atoms with Crippen molar-refractivity contribution in [3.05, 3.63) is 11.8 Å². The molecule has 0 radical (unpaired) electrons. The zero-order valence-electron chi connectivity index (χ0n) is 5.01. The third-order valence-corrected chi connectivity index (χ3v) is 0.982. The van der Waals surface area contributed by atoms with Crippen LogP contribution in [0.1, 0.15) is 6.92 Å². The molecule has 2 nitrogen and oxygen atoms in total. The monoisotopic (exact) mass is 110 g/mol. The number of ether oxygens (including phenoxy) is 1. The zero-order chi connectivity index (χ0) is 5.98. The molecule has 2 heteroatoms. The van der Waals surface area contributed by atoms with Crippen LogP contribution in [0.25, 0.3) is 0 Å². The molecule has 0 N–H and O–H groups in total. The van der Waals surface area contributed by atoms with Crippen LogP contribution in [-0.4, -0.2) is 19.0 Å². The molecule has 0 amide bonds. The Kier molecular flexibility index (Phi) is 1.18. The summed E-state index contributed by atoms with van der Waals surface area (Å²) in [5.41, 5.74) is 1.00. The van der Waals surface area contributed by atoms with Gasteiger partial charge in [0.05, 0.1) is 13.2 Å². The topological polar surface area (TPSA) is 23.3 Å². The van der Waals surface area contributed by atoms with Crippen LogP contribution in [0.5, 0.6) is 0 Å². The minimum Gasteiger partial charge on any atom is -0.490 e. The van der Waals surface area contributed by atoms with Crippen LogP contribution in [-0.2, 0) is 4.74 Å². The predicted molar refractivity (Wildman–Crippen MR) is 34.0 cm³/mol. The van der Waals surface area contributed by atoms with E-state index in [1.807, 2.05) is 13.0 Å². The highest BCUT2D eigenvalue weighted by molar-refractivity contribution is 6.03. The summed E-state index contributed by atoms with van der Waals surface area (Å²) >= 11 is 0. The van der Waals surface area contributed by atoms with Crippen LogP contribution >= 0.6 is 0 Å². The Hall–Kier alpha value is -1.01. The lowest BCUT2D eigenvalue weighted by Crippen LogP contribution is -1.83. The van der Waals surface area contributed by atoms with Gasteiger partial charge in [-0.25, -0.2) is 0 Å². The number of nitrogens with zero attached hydrogens (tertiary/aromatic N) is 1. The van der Waals surface area contributed by atoms with E-state index < -0.39 is 0 Å². The Morgan fingerprint density at radius 2 is 2.38 bits per heavy atom. The SMILES string of the molecule is COC1=CC(C)=[N+]=C1. The summed E-state index contributed by atoms with van der Waals surface area (Å²) in [6.07, 6.45) is 3.59. The van der Waals surface area contributed by atoms with E-state index in [1.54, 1.807) is 13.3 Å². The van der Waals surface area contributed by atoms with Crippen molar-refractivity contribution in [2.75, 3.05) is 7.11 Å². The average molecular weight is 110 g/mol. The molecule has 0 aromatic rings. The van der Waals surface area contributed by atoms with Crippen LogP contribution in [0.4, 0.5) is 0 Å². The number of allylic oxidation sites excluding steroid dienone is 2. The molecule has 8 heavy (non-hydrogen) atoms. The first-order valence-corrected chi connectivity index (χ1v) is 2.46. The van der Waals surface area contributed by atoms with Gasteiger partial charge >= 0.3 is 11.9 Å². The Morgan fingerprint density at radius 1 is 1.62 bits per heavy atom. The maximum absolute atomic E-state index is 4.87. The summed E-state index contributed by atoms with van der Waals surface area (Å²) in [5.74, 6) is 0.836. The van der Waals surface area contributed by atoms with Crippen molar-refractivity contribution in [2.45, 2.75) is 6.92 Å². The molecule has 1 rings (SSSR count). The third-order valence-electron chi connectivity index (χ3n) is 0.982. The molecular weight excluding hydrogens is 102 g/mol. The first-order chi connectivity index (χ1) is 3.83. The van der Waals surface area contributed by atoms with Crippen molar-refractivity contribution in [2.24, 2.45) is 0 Å². The average Bonchev–Trinajstić information content (AvgIpc) is 2.14. The van der Waals surface area contributed by atoms with E-state index in [0.717, 1.165) is 11.5 Å². The minimum atomic E-state index is 0.836. The standard InChI is InChI=1S/C6H8NO/c1-5-3-6(8-2)4-7-5/h3-4H,1-2H3/q+1. The van der Waals surface area contributed by atoms with Gasteiger partial charge in [0, 0.05) is 6.92 Å². The summed E-state index contributed by atoms with van der Waals surface area (Å²) in [6.45, 7) is 1.93. The quantitative estimate of drug-likeness (QED) is 0.440. The Labute approximate surface area is 48.2 Å². The molecule has 0 aromatic carbocycles. The van der Waals surface area contributed by atoms with Crippen LogP contribution in [0.3, 0.4) is 0 Å². The van der Waals surface area contributed by atoms with Crippen molar-refractivity contribution in [1.29, 1.82) is 0 Å². The van der Waals surface area contributed by atoms with E-state index in [2.05, 4.69) is 4.67 Å². The fourth-order valence-electron chi connectivity index (χ4n) is 0.557. The maximum atomic E-state index is 4.87. The van der Waals surface area contributed by atoms with Gasteiger partial charge in [-0.2, -0.15) is 0 Å². The molecule has 42 valence electrons. The minimum absolute atomic E-state index is 0.836. The molecule has 0 unspecified atom stereocenters. The second-order valence-corrected chi connectivity index (χ2v) is 1.65. The smallest absolute Gasteiger partial charge is 0.334 e. The van der Waals surface area contributed by atoms with Gasteiger partial charge in [-0.15, -0.1) is 0 Å². The Bertz CT molecular complexity index is 185. The molecule has 0 aromatic heterocycles. The van der Waals surface area contributed by atoms with Gasteiger partial charge in [0.25, 0.3) is 0 Å². The molecule has 0 saturated carbocycles. The van der Waals surface area contributed by atoms with Gasteiger partial charge in [0.15, 0.2) is 0 Å². The van der Waals surface area contributed by atoms with Crippen LogP contribution in [0.2, 0.25) is 0 Å². The number of rotatable bonds is 1.